The van der Waals surface area contributed by atoms with E-state index in [-0.39, 0.29) is 0 Å². The van der Waals surface area contributed by atoms with Crippen molar-refractivity contribution >= 4 is 17.3 Å². The van der Waals surface area contributed by atoms with E-state index in [1.54, 1.807) is 6.20 Å². The first-order valence-electron chi connectivity index (χ1n) is 4.73. The van der Waals surface area contributed by atoms with Gasteiger partial charge in [-0.2, -0.15) is 5.10 Å². The summed E-state index contributed by atoms with van der Waals surface area (Å²) >= 11 is 5.88. The van der Waals surface area contributed by atoms with Gasteiger partial charge in [0.15, 0.2) is 0 Å². The van der Waals surface area contributed by atoms with E-state index in [0.29, 0.717) is 0 Å². The van der Waals surface area contributed by atoms with E-state index < -0.39 is 0 Å². The lowest BCUT2D eigenvalue weighted by Gasteiger charge is -2.07. The topological polar surface area (TPSA) is 40.7 Å². The van der Waals surface area contributed by atoms with Crippen molar-refractivity contribution in [3.8, 4) is 0 Å². The molecule has 0 saturated carbocycles. The average Bonchev–Trinajstić information content (AvgIpc) is 2.69. The Labute approximate surface area is 93.5 Å². The highest BCUT2D eigenvalue weighted by atomic mass is 35.5. The minimum atomic E-state index is 0.777. The zero-order chi connectivity index (χ0) is 10.7. The van der Waals surface area contributed by atoms with Crippen LogP contribution in [0.2, 0.25) is 5.02 Å². The number of rotatable bonds is 3. The molecule has 2 rings (SSSR count). The van der Waals surface area contributed by atoms with Crippen LogP contribution < -0.4 is 5.32 Å². The molecule has 1 aromatic heterocycles. The Morgan fingerprint density at radius 3 is 3.00 bits per heavy atom. The van der Waals surface area contributed by atoms with Crippen molar-refractivity contribution in [3.63, 3.8) is 0 Å². The minimum Gasteiger partial charge on any atom is -0.378 e. The molecular weight excluding hydrogens is 210 g/mol. The summed E-state index contributed by atoms with van der Waals surface area (Å²) in [4.78, 5) is 0. The van der Waals surface area contributed by atoms with Crippen LogP contribution >= 0.6 is 11.6 Å². The Balaban J connectivity index is 2.05. The van der Waals surface area contributed by atoms with Gasteiger partial charge < -0.3 is 5.32 Å². The summed E-state index contributed by atoms with van der Waals surface area (Å²) in [5.74, 6) is 0. The summed E-state index contributed by atoms with van der Waals surface area (Å²) in [7, 11) is 0. The molecule has 0 spiro atoms. The second-order valence-electron chi connectivity index (χ2n) is 3.41. The number of nitrogens with one attached hydrogen (secondary N) is 2. The van der Waals surface area contributed by atoms with Crippen LogP contribution in [0.3, 0.4) is 0 Å². The van der Waals surface area contributed by atoms with E-state index in [0.717, 1.165) is 17.3 Å². The van der Waals surface area contributed by atoms with Crippen LogP contribution in [0.4, 0.5) is 5.69 Å². The predicted molar refractivity (Wildman–Crippen MR) is 62.1 cm³/mol. The molecule has 0 unspecified atom stereocenters. The Bertz CT molecular complexity index is 437. The number of halogens is 1. The number of hydrogen-bond acceptors (Lipinski definition) is 2. The molecule has 3 nitrogen and oxygen atoms in total. The number of benzene rings is 1. The molecule has 1 aromatic carbocycles. The lowest BCUT2D eigenvalue weighted by atomic mass is 10.1. The van der Waals surface area contributed by atoms with Crippen LogP contribution in [0, 0.1) is 6.92 Å². The quantitative estimate of drug-likeness (QED) is 0.837. The molecule has 0 radical (unpaired) electrons. The first kappa shape index (κ1) is 10.1. The fourth-order valence-corrected chi connectivity index (χ4v) is 1.63. The van der Waals surface area contributed by atoms with E-state index >= 15 is 0 Å². The second kappa shape index (κ2) is 4.36. The number of anilines is 1. The number of aryl methyl sites for hydroxylation is 1. The zero-order valence-electron chi connectivity index (χ0n) is 8.42. The number of nitrogens with zero attached hydrogens (tertiary/aromatic N) is 1. The Morgan fingerprint density at radius 1 is 1.47 bits per heavy atom. The Morgan fingerprint density at radius 2 is 2.33 bits per heavy atom. The molecule has 78 valence electrons. The van der Waals surface area contributed by atoms with Crippen molar-refractivity contribution in [1.29, 1.82) is 0 Å². The molecule has 0 fully saturated rings. The van der Waals surface area contributed by atoms with Crippen molar-refractivity contribution in [1.82, 2.24) is 10.2 Å². The molecule has 0 bridgehead atoms. The maximum atomic E-state index is 5.88. The van der Waals surface area contributed by atoms with Gasteiger partial charge >= 0.3 is 0 Å². The zero-order valence-corrected chi connectivity index (χ0v) is 9.17. The summed E-state index contributed by atoms with van der Waals surface area (Å²) in [5, 5.41) is 10.7. The number of aromatic amines is 1. The molecule has 0 atom stereocenters. The first-order valence-corrected chi connectivity index (χ1v) is 5.11. The molecular formula is C11H12ClN3. The van der Waals surface area contributed by atoms with Crippen LogP contribution in [-0.2, 0) is 6.54 Å². The van der Waals surface area contributed by atoms with Gasteiger partial charge in [-0.15, -0.1) is 0 Å². The molecule has 1 heterocycles. The largest absolute Gasteiger partial charge is 0.378 e. The van der Waals surface area contributed by atoms with Crippen LogP contribution in [0.25, 0.3) is 0 Å². The lowest BCUT2D eigenvalue weighted by molar-refractivity contribution is 1.09. The average molecular weight is 222 g/mol. The van der Waals surface area contributed by atoms with E-state index in [1.807, 2.05) is 24.4 Å². The van der Waals surface area contributed by atoms with E-state index in [1.165, 1.54) is 11.1 Å². The summed E-state index contributed by atoms with van der Waals surface area (Å²) in [5.41, 5.74) is 3.42. The molecule has 4 heteroatoms. The Kier molecular flexibility index (Phi) is 2.92. The highest BCUT2D eigenvalue weighted by Crippen LogP contribution is 2.16. The predicted octanol–water partition coefficient (Wildman–Crippen LogP) is 2.98. The molecule has 0 aliphatic carbocycles. The number of hydrogen-bond donors (Lipinski definition) is 2. The van der Waals surface area contributed by atoms with Crippen molar-refractivity contribution in [2.24, 2.45) is 0 Å². The van der Waals surface area contributed by atoms with E-state index in [2.05, 4.69) is 22.4 Å². The van der Waals surface area contributed by atoms with Crippen LogP contribution in [0.5, 0.6) is 0 Å². The summed E-state index contributed by atoms with van der Waals surface area (Å²) in [6.07, 6.45) is 3.58. The van der Waals surface area contributed by atoms with Crippen LogP contribution in [-0.4, -0.2) is 10.2 Å². The lowest BCUT2D eigenvalue weighted by Crippen LogP contribution is -2.00. The standard InChI is InChI=1S/C11H12ClN3/c1-8-4-10(12)3-2-9(8)5-13-11-6-14-15-7-11/h2-4,6-7,13H,5H2,1H3,(H,14,15). The Hall–Kier alpha value is -1.48. The van der Waals surface area contributed by atoms with Crippen molar-refractivity contribution in [2.75, 3.05) is 5.32 Å². The SMILES string of the molecule is Cc1cc(Cl)ccc1CNc1cn[nH]c1. The first-order chi connectivity index (χ1) is 7.25. The van der Waals surface area contributed by atoms with Crippen LogP contribution in [0.1, 0.15) is 11.1 Å². The van der Waals surface area contributed by atoms with Gasteiger partial charge in [0, 0.05) is 17.8 Å². The van der Waals surface area contributed by atoms with Crippen molar-refractivity contribution < 1.29 is 0 Å². The molecule has 0 aliphatic rings. The van der Waals surface area contributed by atoms with Gasteiger partial charge in [-0.05, 0) is 30.2 Å². The summed E-state index contributed by atoms with van der Waals surface area (Å²) in [6.45, 7) is 2.83. The maximum Gasteiger partial charge on any atom is 0.0726 e. The highest BCUT2D eigenvalue weighted by molar-refractivity contribution is 6.30. The third kappa shape index (κ3) is 2.50. The summed E-state index contributed by atoms with van der Waals surface area (Å²) < 4.78 is 0. The molecule has 0 saturated heterocycles. The number of H-pyrrole nitrogens is 1. The van der Waals surface area contributed by atoms with Crippen LogP contribution in [0.15, 0.2) is 30.6 Å². The fraction of sp³-hybridized carbons (Fsp3) is 0.182. The van der Waals surface area contributed by atoms with Gasteiger partial charge in [-0.1, -0.05) is 17.7 Å². The molecule has 2 N–H and O–H groups in total. The molecule has 0 aliphatic heterocycles. The maximum absolute atomic E-state index is 5.88. The third-order valence-electron chi connectivity index (χ3n) is 2.29. The van der Waals surface area contributed by atoms with Gasteiger partial charge in [0.25, 0.3) is 0 Å². The van der Waals surface area contributed by atoms with Gasteiger partial charge in [0.2, 0.25) is 0 Å². The van der Waals surface area contributed by atoms with E-state index in [9.17, 15) is 0 Å². The van der Waals surface area contributed by atoms with Crippen molar-refractivity contribution in [2.45, 2.75) is 13.5 Å². The van der Waals surface area contributed by atoms with Gasteiger partial charge in [-0.25, -0.2) is 0 Å². The minimum absolute atomic E-state index is 0.777. The van der Waals surface area contributed by atoms with Gasteiger partial charge in [0.1, 0.15) is 0 Å². The van der Waals surface area contributed by atoms with Gasteiger partial charge in [0.05, 0.1) is 11.9 Å². The smallest absolute Gasteiger partial charge is 0.0726 e. The molecule has 0 amide bonds. The van der Waals surface area contributed by atoms with Crippen molar-refractivity contribution in [3.05, 3.63) is 46.7 Å². The monoisotopic (exact) mass is 221 g/mol. The van der Waals surface area contributed by atoms with Gasteiger partial charge in [-0.3, -0.25) is 5.10 Å². The van der Waals surface area contributed by atoms with E-state index in [4.69, 9.17) is 11.6 Å². The number of aromatic nitrogens is 2. The highest BCUT2D eigenvalue weighted by Gasteiger charge is 1.99. The molecule has 15 heavy (non-hydrogen) atoms. The summed E-state index contributed by atoms with van der Waals surface area (Å²) in [6, 6.07) is 5.90. The second-order valence-corrected chi connectivity index (χ2v) is 3.85. The fourth-order valence-electron chi connectivity index (χ4n) is 1.40. The normalized spacial score (nSPS) is 10.3. The third-order valence-corrected chi connectivity index (χ3v) is 2.52. The molecule has 2 aromatic rings.